The Kier molecular flexibility index (Phi) is 13.0. The first-order chi connectivity index (χ1) is 32.1. The molecule has 0 atom stereocenters. The third-order valence-corrected chi connectivity index (χ3v) is 14.1. The minimum Gasteiger partial charge on any atom is -0.492 e. The summed E-state index contributed by atoms with van der Waals surface area (Å²) in [5.41, 5.74) is 1.88. The number of ether oxygens (including phenoxy) is 2. The lowest BCUT2D eigenvalue weighted by atomic mass is 9.91. The fraction of sp³-hybridized carbons (Fsp3) is 0.218. The Bertz CT molecular complexity index is 3720. The van der Waals surface area contributed by atoms with Crippen LogP contribution in [0.5, 0.6) is 5.75 Å². The molecule has 8 aromatic carbocycles. The molecule has 0 N–H and O–H groups in total. The maximum Gasteiger partial charge on any atom is 0.261 e. The van der Waals surface area contributed by atoms with Crippen molar-refractivity contribution in [2.75, 3.05) is 40.0 Å². The maximum absolute atomic E-state index is 13.7. The van der Waals surface area contributed by atoms with E-state index in [1.165, 1.54) is 24.7 Å². The normalized spacial score (nSPS) is 11.8. The molecule has 3 aromatic heterocycles. The van der Waals surface area contributed by atoms with Gasteiger partial charge in [0.1, 0.15) is 11.3 Å². The van der Waals surface area contributed by atoms with Gasteiger partial charge >= 0.3 is 0 Å². The highest BCUT2D eigenvalue weighted by Gasteiger charge is 2.24. The van der Waals surface area contributed by atoms with Crippen LogP contribution in [0.4, 0.5) is 0 Å². The molecule has 11 heteroatoms. The first-order valence-electron chi connectivity index (χ1n) is 22.3. The van der Waals surface area contributed by atoms with Gasteiger partial charge in [-0.1, -0.05) is 110 Å². The lowest BCUT2D eigenvalue weighted by Gasteiger charge is -2.18. The van der Waals surface area contributed by atoms with E-state index in [9.17, 15) is 14.4 Å². The van der Waals surface area contributed by atoms with E-state index >= 15 is 0 Å². The van der Waals surface area contributed by atoms with Crippen LogP contribution in [0.1, 0.15) is 34.1 Å². The standard InChI is InChI=1S/C27H18O2S.C23H17Cl2NO4.C5H13N/c1-2-29-27-20-14-15-22-25-18(17-10-6-7-11-21(17)30-22)12-13-19(24(20)25)26(28)23(27)16-8-4-3-5-9-16;1-2-29-9-5-8-26-22(27)13-10-15(24)19-12-6-3-4-7-17(12)30-21-16(25)11-14(23(26)28)18(13)20(19)21;1-4-6(3)5-2/h3-15H,2H2,1H3;3-4,6-7,10-11H,2,5,8-9H2,1H3;4-5H2,1-3H3. The second kappa shape index (κ2) is 19.0. The Morgan fingerprint density at radius 3 is 1.94 bits per heavy atom. The first-order valence-corrected chi connectivity index (χ1v) is 23.9. The molecule has 0 aliphatic carbocycles. The molecule has 0 saturated carbocycles. The van der Waals surface area contributed by atoms with Crippen molar-refractivity contribution in [3.63, 3.8) is 0 Å². The van der Waals surface area contributed by atoms with E-state index in [1.54, 1.807) is 23.5 Å². The average Bonchev–Trinajstić information content (AvgIpc) is 3.34. The summed E-state index contributed by atoms with van der Waals surface area (Å²) in [4.78, 5) is 42.4. The summed E-state index contributed by atoms with van der Waals surface area (Å²) >= 11 is 15.0. The van der Waals surface area contributed by atoms with Crippen LogP contribution in [0.3, 0.4) is 0 Å². The van der Waals surface area contributed by atoms with Crippen LogP contribution in [-0.2, 0) is 11.3 Å². The summed E-state index contributed by atoms with van der Waals surface area (Å²) in [6.07, 6.45) is 0.553. The quantitative estimate of drug-likeness (QED) is 0.0766. The van der Waals surface area contributed by atoms with Crippen molar-refractivity contribution in [1.29, 1.82) is 0 Å². The topological polar surface area (TPSA) is 91.0 Å². The van der Waals surface area contributed by atoms with Gasteiger partial charge in [-0.25, -0.2) is 0 Å². The van der Waals surface area contributed by atoms with Gasteiger partial charge in [-0.3, -0.25) is 19.0 Å². The van der Waals surface area contributed by atoms with E-state index in [0.717, 1.165) is 51.0 Å². The molecule has 8 nitrogen and oxygen atoms in total. The smallest absolute Gasteiger partial charge is 0.261 e. The van der Waals surface area contributed by atoms with Crippen molar-refractivity contribution in [2.24, 2.45) is 0 Å². The number of aromatic nitrogens is 1. The summed E-state index contributed by atoms with van der Waals surface area (Å²) < 4.78 is 21.2. The average molecular weight is 936 g/mol. The molecular formula is C55H48Cl2N2O6S. The van der Waals surface area contributed by atoms with Crippen molar-refractivity contribution >= 4 is 120 Å². The van der Waals surface area contributed by atoms with Gasteiger partial charge in [-0.15, -0.1) is 11.3 Å². The van der Waals surface area contributed by atoms with Crippen molar-refractivity contribution in [1.82, 2.24) is 9.47 Å². The Morgan fingerprint density at radius 2 is 1.24 bits per heavy atom. The highest BCUT2D eigenvalue weighted by Crippen LogP contribution is 2.46. The number of nitrogens with zero attached hydrogens (tertiary/aromatic N) is 2. The van der Waals surface area contributed by atoms with Crippen LogP contribution >= 0.6 is 34.5 Å². The third kappa shape index (κ3) is 7.82. The Hall–Kier alpha value is -6.07. The van der Waals surface area contributed by atoms with Gasteiger partial charge in [0.2, 0.25) is 0 Å². The van der Waals surface area contributed by atoms with Crippen molar-refractivity contribution in [2.45, 2.75) is 40.7 Å². The number of para-hydroxylation sites is 1. The second-order valence-corrected chi connectivity index (χ2v) is 18.0. The van der Waals surface area contributed by atoms with E-state index in [4.69, 9.17) is 37.1 Å². The molecule has 0 amide bonds. The van der Waals surface area contributed by atoms with Gasteiger partial charge in [-0.2, -0.15) is 0 Å². The van der Waals surface area contributed by atoms with Gasteiger partial charge in [-0.05, 0) is 99.2 Å². The highest BCUT2D eigenvalue weighted by atomic mass is 35.5. The van der Waals surface area contributed by atoms with Gasteiger partial charge < -0.3 is 18.8 Å². The van der Waals surface area contributed by atoms with E-state index in [0.29, 0.717) is 80.3 Å². The summed E-state index contributed by atoms with van der Waals surface area (Å²) in [7, 11) is 2.11. The van der Waals surface area contributed by atoms with Crippen LogP contribution in [0.25, 0.3) is 96.3 Å². The van der Waals surface area contributed by atoms with Crippen LogP contribution in [0, 0.1) is 0 Å². The predicted molar refractivity (Wildman–Crippen MR) is 279 cm³/mol. The molecular weight excluding hydrogens is 888 g/mol. The van der Waals surface area contributed by atoms with Crippen molar-refractivity contribution < 1.29 is 13.9 Å². The first kappa shape index (κ1) is 45.1. The second-order valence-electron chi connectivity index (χ2n) is 16.1. The monoisotopic (exact) mass is 934 g/mol. The SMILES string of the molecule is CCN(C)CC.CCOCCCn1c(=O)c2cc(Cl)c3oc4ccccc4c4c(Cl)cc(c1=O)c2c34.CCOc1c(-c2ccccc2)c(=O)c2ccc3c4ccccc4sc4ccc1c2c43. The zero-order valence-electron chi connectivity index (χ0n) is 37.4. The van der Waals surface area contributed by atoms with Crippen LogP contribution in [-0.4, -0.2) is 49.4 Å². The summed E-state index contributed by atoms with van der Waals surface area (Å²) in [5.74, 6) is 0.689. The minimum absolute atomic E-state index is 0.0321. The molecule has 3 heterocycles. The molecule has 66 heavy (non-hydrogen) atoms. The molecule has 11 aromatic rings. The lowest BCUT2D eigenvalue weighted by molar-refractivity contribution is 0.141. The number of fused-ring (bicyclic) bond motifs is 4. The summed E-state index contributed by atoms with van der Waals surface area (Å²) in [5, 5.41) is 10.5. The molecule has 334 valence electrons. The van der Waals surface area contributed by atoms with Gasteiger partial charge in [0.05, 0.1) is 33.0 Å². The number of halogens is 2. The Morgan fingerprint density at radius 1 is 0.606 bits per heavy atom. The fourth-order valence-electron chi connectivity index (χ4n) is 8.97. The number of benzene rings is 8. The van der Waals surface area contributed by atoms with Crippen molar-refractivity contribution in [3.05, 3.63) is 156 Å². The molecule has 0 bridgehead atoms. The van der Waals surface area contributed by atoms with Crippen LogP contribution in [0.2, 0.25) is 10.0 Å². The summed E-state index contributed by atoms with van der Waals surface area (Å²) in [6, 6.07) is 37.4. The van der Waals surface area contributed by atoms with E-state index in [1.807, 2.05) is 74.5 Å². The summed E-state index contributed by atoms with van der Waals surface area (Å²) in [6.45, 7) is 12.3. The lowest BCUT2D eigenvalue weighted by Crippen LogP contribution is -2.33. The molecule has 0 fully saturated rings. The molecule has 0 spiro atoms. The molecule has 0 radical (unpaired) electrons. The molecule has 0 aliphatic rings. The molecule has 0 saturated heterocycles. The number of hydrogen-bond donors (Lipinski definition) is 0. The molecule has 11 rings (SSSR count). The van der Waals surface area contributed by atoms with Crippen LogP contribution < -0.4 is 21.3 Å². The van der Waals surface area contributed by atoms with Gasteiger partial charge in [0, 0.05) is 72.2 Å². The minimum atomic E-state index is -0.371. The highest BCUT2D eigenvalue weighted by molar-refractivity contribution is 7.25. The largest absolute Gasteiger partial charge is 0.492 e. The third-order valence-electron chi connectivity index (χ3n) is 12.4. The maximum atomic E-state index is 13.7. The number of hydrogen-bond acceptors (Lipinski definition) is 8. The molecule has 0 unspecified atom stereocenters. The predicted octanol–water partition coefficient (Wildman–Crippen LogP) is 13.8. The Balaban J connectivity index is 0.000000148. The fourth-order valence-corrected chi connectivity index (χ4v) is 10.6. The van der Waals surface area contributed by atoms with E-state index in [2.05, 4.69) is 68.3 Å². The van der Waals surface area contributed by atoms with Crippen LogP contribution in [0.15, 0.2) is 134 Å². The number of pyridine rings is 1. The Labute approximate surface area is 394 Å². The molecule has 0 aliphatic heterocycles. The van der Waals surface area contributed by atoms with Crippen molar-refractivity contribution in [3.8, 4) is 16.9 Å². The zero-order chi connectivity index (χ0) is 46.2. The van der Waals surface area contributed by atoms with E-state index in [-0.39, 0.29) is 23.1 Å². The van der Waals surface area contributed by atoms with Gasteiger partial charge in [0.15, 0.2) is 11.0 Å². The van der Waals surface area contributed by atoms with Gasteiger partial charge in [0.25, 0.3) is 11.1 Å². The zero-order valence-corrected chi connectivity index (χ0v) is 39.8. The number of rotatable bonds is 10. The van der Waals surface area contributed by atoms with E-state index < -0.39 is 0 Å².